The molecule has 0 aliphatic rings. The van der Waals surface area contributed by atoms with Crippen LogP contribution < -0.4 is 11.1 Å². The molecule has 90 valence electrons. The number of nitrogens with zero attached hydrogens (tertiary/aromatic N) is 3. The maximum Gasteiger partial charge on any atom is 0.128 e. The Balaban J connectivity index is 1.78. The number of nitrogens with one attached hydrogen (secondary N) is 1. The van der Waals surface area contributed by atoms with Crippen molar-refractivity contribution in [1.29, 1.82) is 0 Å². The number of aromatic nitrogens is 3. The second-order valence-electron chi connectivity index (χ2n) is 3.98. The molecule has 2 aromatic rings. The highest BCUT2D eigenvalue weighted by Crippen LogP contribution is 2.13. The maximum absolute atomic E-state index is 5.64. The summed E-state index contributed by atoms with van der Waals surface area (Å²) in [4.78, 5) is 4.25. The molecular formula is C12H17N5. The highest BCUT2D eigenvalue weighted by molar-refractivity contribution is 5.50. The van der Waals surface area contributed by atoms with Gasteiger partial charge < -0.3 is 11.1 Å². The van der Waals surface area contributed by atoms with Crippen molar-refractivity contribution in [3.63, 3.8) is 0 Å². The standard InChI is InChI=1S/C12H17N5/c1-10-8-11(13)9-15-12(10)14-4-2-6-17-7-3-5-16-17/h3,5,7-9H,2,4,6,13H2,1H3,(H,14,15). The molecule has 0 fully saturated rings. The molecule has 0 spiro atoms. The number of hydrogen-bond donors (Lipinski definition) is 2. The van der Waals surface area contributed by atoms with Crippen molar-refractivity contribution in [3.05, 3.63) is 36.3 Å². The van der Waals surface area contributed by atoms with E-state index in [0.29, 0.717) is 5.69 Å². The molecule has 0 atom stereocenters. The third kappa shape index (κ3) is 3.21. The minimum Gasteiger partial charge on any atom is -0.397 e. The molecule has 3 N–H and O–H groups in total. The first kappa shape index (κ1) is 11.4. The summed E-state index contributed by atoms with van der Waals surface area (Å²) in [6.07, 6.45) is 6.43. The second kappa shape index (κ2) is 5.34. The van der Waals surface area contributed by atoms with E-state index in [0.717, 1.165) is 30.9 Å². The third-order valence-electron chi connectivity index (χ3n) is 2.52. The summed E-state index contributed by atoms with van der Waals surface area (Å²) < 4.78 is 1.92. The van der Waals surface area contributed by atoms with E-state index in [-0.39, 0.29) is 0 Å². The molecule has 2 heterocycles. The number of pyridine rings is 1. The smallest absolute Gasteiger partial charge is 0.128 e. The van der Waals surface area contributed by atoms with Gasteiger partial charge in [-0.3, -0.25) is 4.68 Å². The molecule has 5 heteroatoms. The molecule has 0 radical (unpaired) electrons. The van der Waals surface area contributed by atoms with Crippen LogP contribution in [0.25, 0.3) is 0 Å². The quantitative estimate of drug-likeness (QED) is 0.768. The van der Waals surface area contributed by atoms with Crippen LogP contribution in [0.1, 0.15) is 12.0 Å². The Morgan fingerprint density at radius 1 is 1.47 bits per heavy atom. The molecule has 0 bridgehead atoms. The molecule has 0 aromatic carbocycles. The van der Waals surface area contributed by atoms with E-state index in [1.165, 1.54) is 0 Å². The minimum absolute atomic E-state index is 0.699. The predicted octanol–water partition coefficient (Wildman–Crippen LogP) is 1.67. The van der Waals surface area contributed by atoms with Crippen molar-refractivity contribution in [2.45, 2.75) is 19.9 Å². The van der Waals surface area contributed by atoms with E-state index in [2.05, 4.69) is 15.4 Å². The van der Waals surface area contributed by atoms with Gasteiger partial charge in [0.05, 0.1) is 11.9 Å². The van der Waals surface area contributed by atoms with Crippen molar-refractivity contribution in [1.82, 2.24) is 14.8 Å². The molecule has 2 rings (SSSR count). The van der Waals surface area contributed by atoms with Crippen LogP contribution >= 0.6 is 0 Å². The van der Waals surface area contributed by atoms with Gasteiger partial charge in [-0.25, -0.2) is 4.98 Å². The van der Waals surface area contributed by atoms with Crippen LogP contribution in [0.5, 0.6) is 0 Å². The fourth-order valence-corrected chi connectivity index (χ4v) is 1.66. The van der Waals surface area contributed by atoms with Crippen molar-refractivity contribution >= 4 is 11.5 Å². The zero-order valence-electron chi connectivity index (χ0n) is 9.93. The lowest BCUT2D eigenvalue weighted by atomic mass is 10.2. The molecule has 5 nitrogen and oxygen atoms in total. The molecule has 2 aromatic heterocycles. The summed E-state index contributed by atoms with van der Waals surface area (Å²) in [5.74, 6) is 0.902. The first-order chi connectivity index (χ1) is 8.25. The van der Waals surface area contributed by atoms with Gasteiger partial charge in [-0.05, 0) is 31.0 Å². The molecule has 0 unspecified atom stereocenters. The van der Waals surface area contributed by atoms with Gasteiger partial charge in [-0.15, -0.1) is 0 Å². The zero-order valence-corrected chi connectivity index (χ0v) is 9.93. The van der Waals surface area contributed by atoms with Gasteiger partial charge in [0.1, 0.15) is 5.82 Å². The Kier molecular flexibility index (Phi) is 3.59. The van der Waals surface area contributed by atoms with Gasteiger partial charge in [-0.1, -0.05) is 0 Å². The number of anilines is 2. The monoisotopic (exact) mass is 231 g/mol. The van der Waals surface area contributed by atoms with E-state index in [1.54, 1.807) is 12.4 Å². The minimum atomic E-state index is 0.699. The third-order valence-corrected chi connectivity index (χ3v) is 2.52. The van der Waals surface area contributed by atoms with Crippen LogP contribution in [-0.2, 0) is 6.54 Å². The first-order valence-electron chi connectivity index (χ1n) is 5.69. The van der Waals surface area contributed by atoms with Gasteiger partial charge in [-0.2, -0.15) is 5.10 Å². The fraction of sp³-hybridized carbons (Fsp3) is 0.333. The van der Waals surface area contributed by atoms with Gasteiger partial charge >= 0.3 is 0 Å². The van der Waals surface area contributed by atoms with Crippen molar-refractivity contribution < 1.29 is 0 Å². The van der Waals surface area contributed by atoms with Crippen LogP contribution in [0.3, 0.4) is 0 Å². The number of aryl methyl sites for hydroxylation is 2. The van der Waals surface area contributed by atoms with Gasteiger partial charge in [0, 0.05) is 25.5 Å². The van der Waals surface area contributed by atoms with Crippen LogP contribution in [0.4, 0.5) is 11.5 Å². The lowest BCUT2D eigenvalue weighted by molar-refractivity contribution is 0.591. The number of hydrogen-bond acceptors (Lipinski definition) is 4. The van der Waals surface area contributed by atoms with Gasteiger partial charge in [0.2, 0.25) is 0 Å². The largest absolute Gasteiger partial charge is 0.397 e. The lowest BCUT2D eigenvalue weighted by Crippen LogP contribution is -2.09. The Bertz CT molecular complexity index is 464. The lowest BCUT2D eigenvalue weighted by Gasteiger charge is -2.08. The van der Waals surface area contributed by atoms with Crippen molar-refractivity contribution in [2.24, 2.45) is 0 Å². The average Bonchev–Trinajstić information content (AvgIpc) is 2.79. The molecule has 0 saturated heterocycles. The van der Waals surface area contributed by atoms with Crippen molar-refractivity contribution in [2.75, 3.05) is 17.6 Å². The summed E-state index contributed by atoms with van der Waals surface area (Å²) in [6, 6.07) is 3.85. The Hall–Kier alpha value is -2.04. The fourth-order valence-electron chi connectivity index (χ4n) is 1.66. The first-order valence-corrected chi connectivity index (χ1v) is 5.69. The normalized spacial score (nSPS) is 10.4. The van der Waals surface area contributed by atoms with E-state index in [1.807, 2.05) is 29.9 Å². The zero-order chi connectivity index (χ0) is 12.1. The van der Waals surface area contributed by atoms with E-state index in [4.69, 9.17) is 5.73 Å². The molecular weight excluding hydrogens is 214 g/mol. The molecule has 0 aliphatic heterocycles. The van der Waals surface area contributed by atoms with Crippen molar-refractivity contribution in [3.8, 4) is 0 Å². The summed E-state index contributed by atoms with van der Waals surface area (Å²) in [6.45, 7) is 3.78. The van der Waals surface area contributed by atoms with Crippen LogP contribution in [0.2, 0.25) is 0 Å². The summed E-state index contributed by atoms with van der Waals surface area (Å²) in [7, 11) is 0. The van der Waals surface area contributed by atoms with Crippen LogP contribution in [0, 0.1) is 6.92 Å². The Labute approximate surface area is 101 Å². The second-order valence-corrected chi connectivity index (χ2v) is 3.98. The molecule has 0 aliphatic carbocycles. The molecule has 0 amide bonds. The predicted molar refractivity (Wildman–Crippen MR) is 68.7 cm³/mol. The van der Waals surface area contributed by atoms with Gasteiger partial charge in [0.25, 0.3) is 0 Å². The summed E-state index contributed by atoms with van der Waals surface area (Å²) in [5.41, 5.74) is 7.42. The Morgan fingerprint density at radius 2 is 2.35 bits per heavy atom. The molecule has 0 saturated carbocycles. The van der Waals surface area contributed by atoms with E-state index >= 15 is 0 Å². The summed E-state index contributed by atoms with van der Waals surface area (Å²) in [5, 5.41) is 7.44. The highest BCUT2D eigenvalue weighted by atomic mass is 15.3. The topological polar surface area (TPSA) is 68.8 Å². The maximum atomic E-state index is 5.64. The average molecular weight is 231 g/mol. The summed E-state index contributed by atoms with van der Waals surface area (Å²) >= 11 is 0. The number of rotatable bonds is 5. The SMILES string of the molecule is Cc1cc(N)cnc1NCCCn1cccn1. The van der Waals surface area contributed by atoms with Crippen LogP contribution in [-0.4, -0.2) is 21.3 Å². The van der Waals surface area contributed by atoms with Gasteiger partial charge in [0.15, 0.2) is 0 Å². The number of nitrogens with two attached hydrogens (primary N) is 1. The van der Waals surface area contributed by atoms with E-state index < -0.39 is 0 Å². The number of nitrogen functional groups attached to an aromatic ring is 1. The van der Waals surface area contributed by atoms with E-state index in [9.17, 15) is 0 Å². The Morgan fingerprint density at radius 3 is 3.06 bits per heavy atom. The highest BCUT2D eigenvalue weighted by Gasteiger charge is 1.99. The van der Waals surface area contributed by atoms with Crippen LogP contribution in [0.15, 0.2) is 30.7 Å². The molecule has 17 heavy (non-hydrogen) atoms.